The third-order valence-electron chi connectivity index (χ3n) is 5.28. The summed E-state index contributed by atoms with van der Waals surface area (Å²) in [5, 5.41) is 8.56. The second kappa shape index (κ2) is 34.6. The number of aliphatic hydroxyl groups excluding tert-OH is 1. The van der Waals surface area contributed by atoms with Crippen molar-refractivity contribution in [2.24, 2.45) is 0 Å². The third-order valence-corrected chi connectivity index (χ3v) is 5.28. The Morgan fingerprint density at radius 3 is 1.03 bits per heavy atom. The summed E-state index contributed by atoms with van der Waals surface area (Å²) in [5.74, 6) is 0. The molecule has 0 amide bonds. The standard InChI is InChI=1S/C27H56O9/c1-2-3-4-5-6-7-8-9-10-11-13-35-27-36-26-25-34-24-23-33-22-21-32-20-19-31-18-17-30-16-15-29-14-12-28/h28H,2-27H2,1H3. The molecule has 0 aromatic carbocycles. The highest BCUT2D eigenvalue weighted by Gasteiger charge is 1.96. The quantitative estimate of drug-likeness (QED) is 0.101. The third kappa shape index (κ3) is 33.6. The zero-order valence-electron chi connectivity index (χ0n) is 23.1. The largest absolute Gasteiger partial charge is 0.394 e. The first-order chi connectivity index (χ1) is 17.9. The fourth-order valence-corrected chi connectivity index (χ4v) is 3.25. The summed E-state index contributed by atoms with van der Waals surface area (Å²) in [6.45, 7) is 10.0. The van der Waals surface area contributed by atoms with Gasteiger partial charge in [0.05, 0.1) is 92.5 Å². The molecule has 0 spiro atoms. The van der Waals surface area contributed by atoms with E-state index in [2.05, 4.69) is 6.92 Å². The van der Waals surface area contributed by atoms with E-state index < -0.39 is 0 Å². The summed E-state index contributed by atoms with van der Waals surface area (Å²) < 4.78 is 43.1. The number of hydrogen-bond acceptors (Lipinski definition) is 9. The Kier molecular flexibility index (Phi) is 34.3. The van der Waals surface area contributed by atoms with Crippen molar-refractivity contribution in [3.63, 3.8) is 0 Å². The number of aliphatic hydroxyl groups is 1. The van der Waals surface area contributed by atoms with Crippen LogP contribution in [0.1, 0.15) is 71.1 Å². The van der Waals surface area contributed by atoms with Crippen LogP contribution in [0.25, 0.3) is 0 Å². The second-order valence-electron chi connectivity index (χ2n) is 8.51. The molecule has 9 nitrogen and oxygen atoms in total. The van der Waals surface area contributed by atoms with Crippen LogP contribution < -0.4 is 0 Å². The van der Waals surface area contributed by atoms with Crippen LogP contribution in [-0.4, -0.2) is 111 Å². The zero-order valence-corrected chi connectivity index (χ0v) is 23.1. The lowest BCUT2D eigenvalue weighted by Gasteiger charge is -2.08. The maximum absolute atomic E-state index is 8.56. The highest BCUT2D eigenvalue weighted by atomic mass is 16.7. The summed E-state index contributed by atoms with van der Waals surface area (Å²) >= 11 is 0. The minimum atomic E-state index is 0.0349. The van der Waals surface area contributed by atoms with E-state index in [0.717, 1.165) is 13.0 Å². The average molecular weight is 525 g/mol. The molecule has 218 valence electrons. The van der Waals surface area contributed by atoms with Crippen LogP contribution in [0.3, 0.4) is 0 Å². The molecule has 0 aliphatic heterocycles. The molecule has 0 bridgehead atoms. The predicted molar refractivity (Wildman–Crippen MR) is 141 cm³/mol. The van der Waals surface area contributed by atoms with Gasteiger partial charge in [-0.15, -0.1) is 0 Å². The molecule has 0 aromatic rings. The predicted octanol–water partition coefficient (Wildman–Crippen LogP) is 3.99. The fraction of sp³-hybridized carbons (Fsp3) is 1.00. The first-order valence-corrected chi connectivity index (χ1v) is 14.1. The van der Waals surface area contributed by atoms with Gasteiger partial charge in [-0.05, 0) is 6.42 Å². The number of unbranched alkanes of at least 4 members (excludes halogenated alkanes) is 9. The van der Waals surface area contributed by atoms with E-state index in [0.29, 0.717) is 92.7 Å². The topological polar surface area (TPSA) is 94.1 Å². The SMILES string of the molecule is CCCCCCCCCCCCOCOCCOCCOCCOCCOCCOCCOCCO. The molecule has 0 radical (unpaired) electrons. The molecule has 1 N–H and O–H groups in total. The Labute approximate surface area is 220 Å². The summed E-state index contributed by atoms with van der Waals surface area (Å²) in [5.41, 5.74) is 0. The Balaban J connectivity index is 3.00. The first kappa shape index (κ1) is 35.6. The first-order valence-electron chi connectivity index (χ1n) is 14.1. The van der Waals surface area contributed by atoms with Crippen molar-refractivity contribution < 1.29 is 43.0 Å². The molecule has 0 saturated heterocycles. The van der Waals surface area contributed by atoms with Gasteiger partial charge < -0.3 is 43.0 Å². The molecule has 0 aliphatic carbocycles. The van der Waals surface area contributed by atoms with E-state index in [1.165, 1.54) is 57.8 Å². The molecule has 0 unspecified atom stereocenters. The molecular formula is C27H56O9. The van der Waals surface area contributed by atoms with E-state index in [9.17, 15) is 0 Å². The van der Waals surface area contributed by atoms with E-state index in [1.54, 1.807) is 0 Å². The maximum Gasteiger partial charge on any atom is 0.146 e. The van der Waals surface area contributed by atoms with Crippen molar-refractivity contribution in [1.82, 2.24) is 0 Å². The van der Waals surface area contributed by atoms with Crippen molar-refractivity contribution in [2.45, 2.75) is 71.1 Å². The van der Waals surface area contributed by atoms with Crippen LogP contribution in [0, 0.1) is 0 Å². The molecule has 0 aromatic heterocycles. The van der Waals surface area contributed by atoms with Crippen molar-refractivity contribution in [1.29, 1.82) is 0 Å². The Bertz CT molecular complexity index is 341. The maximum atomic E-state index is 8.56. The minimum Gasteiger partial charge on any atom is -0.394 e. The zero-order chi connectivity index (χ0) is 26.0. The van der Waals surface area contributed by atoms with Crippen LogP contribution in [0.15, 0.2) is 0 Å². The lowest BCUT2D eigenvalue weighted by atomic mass is 10.1. The smallest absolute Gasteiger partial charge is 0.146 e. The van der Waals surface area contributed by atoms with Gasteiger partial charge in [0.2, 0.25) is 0 Å². The average Bonchev–Trinajstić information content (AvgIpc) is 2.89. The van der Waals surface area contributed by atoms with Crippen LogP contribution in [0.5, 0.6) is 0 Å². The van der Waals surface area contributed by atoms with Crippen molar-refractivity contribution in [3.8, 4) is 0 Å². The van der Waals surface area contributed by atoms with Gasteiger partial charge in [0.25, 0.3) is 0 Å². The van der Waals surface area contributed by atoms with Crippen LogP contribution >= 0.6 is 0 Å². The van der Waals surface area contributed by atoms with Gasteiger partial charge in [-0.1, -0.05) is 64.7 Å². The van der Waals surface area contributed by atoms with Gasteiger partial charge in [-0.3, -0.25) is 0 Å². The van der Waals surface area contributed by atoms with Gasteiger partial charge in [-0.2, -0.15) is 0 Å². The molecule has 36 heavy (non-hydrogen) atoms. The molecule has 0 heterocycles. The lowest BCUT2D eigenvalue weighted by molar-refractivity contribution is -0.0739. The van der Waals surface area contributed by atoms with Gasteiger partial charge >= 0.3 is 0 Å². The number of ether oxygens (including phenoxy) is 8. The Hall–Kier alpha value is -0.360. The van der Waals surface area contributed by atoms with Crippen molar-refractivity contribution >= 4 is 0 Å². The van der Waals surface area contributed by atoms with Crippen molar-refractivity contribution in [2.75, 3.05) is 106 Å². The molecule has 0 atom stereocenters. The number of rotatable bonds is 33. The van der Waals surface area contributed by atoms with E-state index in [1.807, 2.05) is 0 Å². The molecule has 9 heteroatoms. The minimum absolute atomic E-state index is 0.0349. The molecule has 0 rings (SSSR count). The lowest BCUT2D eigenvalue weighted by Crippen LogP contribution is -2.15. The van der Waals surface area contributed by atoms with E-state index in [-0.39, 0.29) is 6.61 Å². The normalized spacial score (nSPS) is 11.5. The van der Waals surface area contributed by atoms with Gasteiger partial charge in [-0.25, -0.2) is 0 Å². The molecular weight excluding hydrogens is 468 g/mol. The summed E-state index contributed by atoms with van der Waals surface area (Å²) in [6, 6.07) is 0. The highest BCUT2D eigenvalue weighted by molar-refractivity contribution is 4.47. The molecule has 0 aliphatic rings. The van der Waals surface area contributed by atoms with Crippen LogP contribution in [0.2, 0.25) is 0 Å². The van der Waals surface area contributed by atoms with Crippen LogP contribution in [0.4, 0.5) is 0 Å². The molecule has 0 fully saturated rings. The Morgan fingerprint density at radius 2 is 0.639 bits per heavy atom. The summed E-state index contributed by atoms with van der Waals surface area (Å²) in [4.78, 5) is 0. The highest BCUT2D eigenvalue weighted by Crippen LogP contribution is 2.10. The number of hydrogen-bond donors (Lipinski definition) is 1. The van der Waals surface area contributed by atoms with Crippen molar-refractivity contribution in [3.05, 3.63) is 0 Å². The fourth-order valence-electron chi connectivity index (χ4n) is 3.25. The van der Waals surface area contributed by atoms with E-state index >= 15 is 0 Å². The Morgan fingerprint density at radius 1 is 0.333 bits per heavy atom. The monoisotopic (exact) mass is 524 g/mol. The molecule has 0 saturated carbocycles. The van der Waals surface area contributed by atoms with Gasteiger partial charge in [0, 0.05) is 6.61 Å². The van der Waals surface area contributed by atoms with Crippen LogP contribution in [-0.2, 0) is 37.9 Å². The van der Waals surface area contributed by atoms with E-state index in [4.69, 9.17) is 43.0 Å². The second-order valence-corrected chi connectivity index (χ2v) is 8.51. The summed E-state index contributed by atoms with van der Waals surface area (Å²) in [6.07, 6.45) is 13.3. The summed E-state index contributed by atoms with van der Waals surface area (Å²) in [7, 11) is 0. The van der Waals surface area contributed by atoms with Gasteiger partial charge in [0.15, 0.2) is 0 Å². The van der Waals surface area contributed by atoms with Gasteiger partial charge in [0.1, 0.15) is 6.79 Å².